The summed E-state index contributed by atoms with van der Waals surface area (Å²) in [7, 11) is 0. The predicted octanol–water partition coefficient (Wildman–Crippen LogP) is 17.0. The molecule has 20 heteroatoms. The number of nitrogens with two attached hydrogens (primary N) is 1. The molecule has 4 aliphatic carbocycles. The van der Waals surface area contributed by atoms with Crippen LogP contribution < -0.4 is 11.3 Å². The molecule has 12 rings (SSSR count). The summed E-state index contributed by atoms with van der Waals surface area (Å²) in [6, 6.07) is 2.07. The van der Waals surface area contributed by atoms with Crippen LogP contribution in [0.4, 0.5) is 10.2 Å². The second kappa shape index (κ2) is 25.5. The summed E-state index contributed by atoms with van der Waals surface area (Å²) in [4.78, 5) is 55.2. The molecule has 0 fully saturated rings. The van der Waals surface area contributed by atoms with Gasteiger partial charge in [-0.3, -0.25) is 18.5 Å². The van der Waals surface area contributed by atoms with Gasteiger partial charge in [-0.25, -0.2) is 34.9 Å². The number of nitrogens with zero attached hydrogens (tertiary/aromatic N) is 13. The minimum absolute atomic E-state index is 0.0298. The van der Waals surface area contributed by atoms with Gasteiger partial charge < -0.3 is 20.3 Å². The van der Waals surface area contributed by atoms with E-state index in [2.05, 4.69) is 239 Å². The Balaban J connectivity index is 0.000000141. The molecule has 0 aliphatic heterocycles. The zero-order valence-corrected chi connectivity index (χ0v) is 57.7. The van der Waals surface area contributed by atoms with E-state index >= 15 is 0 Å². The van der Waals surface area contributed by atoms with Gasteiger partial charge in [0.2, 0.25) is 0 Å². The standard InChI is InChI=1S/C18H25N3S.C17H23ClN4.C17H24FN5.C17H24N4O/c1-11(2)14-6-7-15(18(14,5)12(3)4)21-9-8-13-16(21)19-10-20-17(13)22;1-10(2)12-6-7-13(17(12,5)11(3)4)22-9-21-14-15(18)19-8-20-16(14)22;1-9(2)11-6-7-12(17(11,5)10(3)4)23-8-20-13-14(19)21-16(18)22-15(13)23;1-10(2)12-6-7-13(17(12,5)11(3)4)21-9-20-14-15(21)18-8-19-16(14)22/h7-12,14H,6H2,1-5H3,(H,19,20,22);7-12H,6H2,1-5H3;7-11H,6H2,1-5H3,(H2,19,21,22);7-12H,6H2,1-5H3,(H,18,19,22)/t14?,18-;12?,17-;11?,17-;12?,17-/m0000/s1. The van der Waals surface area contributed by atoms with Gasteiger partial charge in [-0.15, -0.1) is 0 Å². The summed E-state index contributed by atoms with van der Waals surface area (Å²) in [6.45, 7) is 46.1. The van der Waals surface area contributed by atoms with Crippen molar-refractivity contribution >= 4 is 96.9 Å². The fourth-order valence-electron chi connectivity index (χ4n) is 16.0. The molecule has 0 bridgehead atoms. The van der Waals surface area contributed by atoms with Gasteiger partial charge >= 0.3 is 6.08 Å². The van der Waals surface area contributed by atoms with Crippen LogP contribution in [-0.4, -0.2) is 73.1 Å². The molecule has 0 spiro atoms. The molecule has 8 heterocycles. The van der Waals surface area contributed by atoms with Crippen LogP contribution in [0.2, 0.25) is 5.15 Å². The first-order chi connectivity index (χ1) is 41.9. The lowest BCUT2D eigenvalue weighted by molar-refractivity contribution is 0.153. The van der Waals surface area contributed by atoms with Gasteiger partial charge in [0.25, 0.3) is 5.56 Å². The number of H-pyrrole nitrogens is 2. The Kier molecular flexibility index (Phi) is 19.1. The van der Waals surface area contributed by atoms with Crippen LogP contribution in [0.15, 0.2) is 79.3 Å². The summed E-state index contributed by atoms with van der Waals surface area (Å²) in [5, 5.41) is 1.44. The van der Waals surface area contributed by atoms with Crippen LogP contribution in [0.3, 0.4) is 0 Å². The number of aromatic nitrogens is 15. The Hall–Kier alpha value is -6.73. The fraction of sp³-hybridized carbons (Fsp3) is 0.580. The zero-order valence-electron chi connectivity index (χ0n) is 56.1. The smallest absolute Gasteiger partial charge is 0.312 e. The Bertz CT molecular complexity index is 4000. The van der Waals surface area contributed by atoms with E-state index in [1.807, 2.05) is 15.5 Å². The second-order valence-corrected chi connectivity index (χ2v) is 29.5. The second-order valence-electron chi connectivity index (χ2n) is 28.7. The number of anilines is 1. The summed E-state index contributed by atoms with van der Waals surface area (Å²) in [5.41, 5.74) is 15.4. The number of hydrogen-bond acceptors (Lipinski definition) is 12. The SMILES string of the molecule is CC(C)C1CC=C(n2ccc3c(=S)nc[nH]c32)[C@@]1(C)C(C)C.CC(C)C1CC=C(n2cnc3c(=O)[nH]cnc32)[C@@]1(C)C(C)C.CC(C)C1CC=C(n2cnc3c(Cl)ncnc32)[C@@]1(C)C(C)C.CC(C)C1CC=C(n2cnc3c(N)nc(F)nc32)[C@@]1(C)C(C)C. The summed E-state index contributed by atoms with van der Waals surface area (Å²) < 4.78 is 22.6. The maximum atomic E-state index is 13.6. The lowest BCUT2D eigenvalue weighted by atomic mass is 9.66. The zero-order chi connectivity index (χ0) is 65.1. The normalized spacial score (nSPS) is 25.3. The molecule has 0 radical (unpaired) electrons. The fourth-order valence-corrected chi connectivity index (χ4v) is 16.4. The Morgan fingerprint density at radius 1 is 0.528 bits per heavy atom. The number of rotatable bonds is 12. The maximum absolute atomic E-state index is 13.6. The lowest BCUT2D eigenvalue weighted by Gasteiger charge is -2.41. The van der Waals surface area contributed by atoms with E-state index in [1.54, 1.807) is 19.0 Å². The molecule has 4 unspecified atom stereocenters. The first-order valence-electron chi connectivity index (χ1n) is 32.2. The van der Waals surface area contributed by atoms with E-state index in [-0.39, 0.29) is 33.0 Å². The molecule has 4 aliphatic rings. The molecule has 8 aromatic rings. The Morgan fingerprint density at radius 3 is 1.36 bits per heavy atom. The monoisotopic (exact) mass is 1250 g/mol. The van der Waals surface area contributed by atoms with Crippen molar-refractivity contribution in [2.24, 2.45) is 92.7 Å². The maximum Gasteiger partial charge on any atom is 0.312 e. The number of allylic oxidation sites excluding steroid dienone is 8. The summed E-state index contributed by atoms with van der Waals surface area (Å²) in [6.07, 6.45) is 24.8. The van der Waals surface area contributed by atoms with Gasteiger partial charge in [0.15, 0.2) is 38.9 Å². The van der Waals surface area contributed by atoms with E-state index in [1.165, 1.54) is 29.7 Å². The van der Waals surface area contributed by atoms with Crippen LogP contribution in [0.25, 0.3) is 67.3 Å². The van der Waals surface area contributed by atoms with Crippen molar-refractivity contribution in [2.45, 2.75) is 164 Å². The van der Waals surface area contributed by atoms with Gasteiger partial charge in [0.05, 0.1) is 18.0 Å². The van der Waals surface area contributed by atoms with Crippen molar-refractivity contribution in [3.05, 3.63) is 101 Å². The van der Waals surface area contributed by atoms with Gasteiger partial charge in [-0.2, -0.15) is 14.4 Å². The highest BCUT2D eigenvalue weighted by atomic mass is 35.5. The molecule has 17 nitrogen and oxygen atoms in total. The van der Waals surface area contributed by atoms with Gasteiger partial charge in [-0.05, 0) is 103 Å². The van der Waals surface area contributed by atoms with Gasteiger partial charge in [-0.1, -0.05) is 187 Å². The van der Waals surface area contributed by atoms with E-state index in [9.17, 15) is 9.18 Å². The first kappa shape index (κ1) is 66.7. The lowest BCUT2D eigenvalue weighted by Crippen LogP contribution is -2.35. The molecule has 0 saturated carbocycles. The van der Waals surface area contributed by atoms with Crippen LogP contribution in [-0.2, 0) is 0 Å². The Morgan fingerprint density at radius 2 is 0.921 bits per heavy atom. The third-order valence-corrected chi connectivity index (χ3v) is 22.7. The molecule has 0 aromatic carbocycles. The van der Waals surface area contributed by atoms with Crippen molar-refractivity contribution in [1.29, 1.82) is 0 Å². The average molecular weight is 1250 g/mol. The highest BCUT2D eigenvalue weighted by Gasteiger charge is 2.50. The minimum atomic E-state index is -0.818. The van der Waals surface area contributed by atoms with E-state index < -0.39 is 6.08 Å². The largest absolute Gasteiger partial charge is 0.382 e. The minimum Gasteiger partial charge on any atom is -0.382 e. The van der Waals surface area contributed by atoms with Crippen LogP contribution in [0, 0.1) is 103 Å². The van der Waals surface area contributed by atoms with Crippen molar-refractivity contribution in [1.82, 2.24) is 73.1 Å². The third-order valence-electron chi connectivity index (χ3n) is 22.1. The van der Waals surface area contributed by atoms with E-state index in [0.29, 0.717) is 109 Å². The number of aromatic amines is 2. The van der Waals surface area contributed by atoms with Gasteiger partial charge in [0, 0.05) is 50.6 Å². The van der Waals surface area contributed by atoms with Crippen LogP contribution in [0.1, 0.15) is 164 Å². The average Bonchev–Trinajstić information content (AvgIpc) is 1.65. The van der Waals surface area contributed by atoms with E-state index in [0.717, 1.165) is 48.1 Å². The summed E-state index contributed by atoms with van der Waals surface area (Å²) >= 11 is 11.5. The molecule has 8 atom stereocenters. The quantitative estimate of drug-likeness (QED) is 0.0593. The molecule has 89 heavy (non-hydrogen) atoms. The number of nitrogen functional groups attached to an aromatic ring is 1. The van der Waals surface area contributed by atoms with Crippen molar-refractivity contribution in [2.75, 3.05) is 5.73 Å². The van der Waals surface area contributed by atoms with Crippen LogP contribution in [0.5, 0.6) is 0 Å². The van der Waals surface area contributed by atoms with E-state index in [4.69, 9.17) is 29.6 Å². The highest BCUT2D eigenvalue weighted by molar-refractivity contribution is 7.71. The molecule has 478 valence electrons. The van der Waals surface area contributed by atoms with Gasteiger partial charge in [0.1, 0.15) is 41.1 Å². The Labute approximate surface area is 535 Å². The predicted molar refractivity (Wildman–Crippen MR) is 364 cm³/mol. The molecular formula is C69H96ClFN16OS. The summed E-state index contributed by atoms with van der Waals surface area (Å²) in [5.74, 6) is 6.99. The number of halogens is 2. The van der Waals surface area contributed by atoms with Crippen LogP contribution >= 0.6 is 23.8 Å². The number of fused-ring (bicyclic) bond motifs is 4. The van der Waals surface area contributed by atoms with Crippen molar-refractivity contribution in [3.8, 4) is 0 Å². The molecule has 0 amide bonds. The number of nitrogens with one attached hydrogen (secondary N) is 2. The number of hydrogen-bond donors (Lipinski definition) is 3. The molecular weight excluding hydrogens is 1160 g/mol. The highest BCUT2D eigenvalue weighted by Crippen LogP contribution is 2.58. The topological polar surface area (TPSA) is 210 Å². The molecule has 0 saturated heterocycles. The molecule has 4 N–H and O–H groups in total. The van der Waals surface area contributed by atoms with Crippen molar-refractivity contribution in [3.63, 3.8) is 0 Å². The molecule has 8 aromatic heterocycles. The third kappa shape index (κ3) is 11.4. The number of imidazole rings is 3. The van der Waals surface area contributed by atoms with Crippen molar-refractivity contribution < 1.29 is 4.39 Å². The first-order valence-corrected chi connectivity index (χ1v) is 33.0.